The maximum Gasteiger partial charge on any atom is 0.0686 e. The number of hydrogen-bond acceptors (Lipinski definition) is 2. The monoisotopic (exact) mass is 205 g/mol. The minimum atomic E-state index is -0.263. The van der Waals surface area contributed by atoms with Crippen molar-refractivity contribution in [3.8, 4) is 12.1 Å². The van der Waals surface area contributed by atoms with Crippen molar-refractivity contribution in [2.24, 2.45) is 10.8 Å². The van der Waals surface area contributed by atoms with E-state index in [0.29, 0.717) is 0 Å². The Balaban J connectivity index is 4.06. The van der Waals surface area contributed by atoms with Gasteiger partial charge in [0, 0.05) is 0 Å². The summed E-state index contributed by atoms with van der Waals surface area (Å²) in [5.41, 5.74) is -0.520. The van der Waals surface area contributed by atoms with Crippen LogP contribution < -0.4 is 0 Å². The van der Waals surface area contributed by atoms with Crippen LogP contribution in [-0.2, 0) is 0 Å². The molecule has 0 N–H and O–H groups in total. The second kappa shape index (κ2) is 5.76. The van der Waals surface area contributed by atoms with E-state index in [1.807, 2.05) is 20.8 Å². The van der Waals surface area contributed by atoms with Crippen molar-refractivity contribution < 1.29 is 0 Å². The summed E-state index contributed by atoms with van der Waals surface area (Å²) in [6.07, 6.45) is 4.30. The summed E-state index contributed by atoms with van der Waals surface area (Å²) >= 11 is 0. The van der Waals surface area contributed by atoms with Gasteiger partial charge >= 0.3 is 0 Å². The van der Waals surface area contributed by atoms with Crippen LogP contribution in [-0.4, -0.2) is 0 Å². The summed E-state index contributed by atoms with van der Waals surface area (Å²) in [6, 6.07) is 4.64. The van der Waals surface area contributed by atoms with Gasteiger partial charge in [-0.2, -0.15) is 10.5 Å². The molecule has 1 unspecified atom stereocenters. The zero-order valence-electron chi connectivity index (χ0n) is 10.1. The fourth-order valence-corrected chi connectivity index (χ4v) is 1.60. The molecule has 0 aliphatic carbocycles. The molecular weight excluding hydrogens is 184 g/mol. The van der Waals surface area contributed by atoms with Gasteiger partial charge in [-0.3, -0.25) is 0 Å². The van der Waals surface area contributed by atoms with E-state index in [-0.39, 0.29) is 10.8 Å². The van der Waals surface area contributed by atoms with E-state index in [0.717, 1.165) is 32.1 Å². The number of rotatable bonds is 6. The van der Waals surface area contributed by atoms with Crippen LogP contribution in [0.15, 0.2) is 0 Å². The van der Waals surface area contributed by atoms with E-state index >= 15 is 0 Å². The molecule has 1 radical (unpaired) electrons. The Hall–Kier alpha value is -1.02. The number of nitriles is 2. The molecule has 83 valence electrons. The van der Waals surface area contributed by atoms with Crippen molar-refractivity contribution in [3.05, 3.63) is 6.92 Å². The third-order valence-electron chi connectivity index (χ3n) is 2.83. The first-order valence-corrected chi connectivity index (χ1v) is 5.51. The lowest BCUT2D eigenvalue weighted by atomic mass is 9.79. The molecule has 1 atom stereocenters. The van der Waals surface area contributed by atoms with E-state index in [1.54, 1.807) is 0 Å². The molecule has 2 heteroatoms. The van der Waals surface area contributed by atoms with Crippen molar-refractivity contribution in [1.82, 2.24) is 0 Å². The highest BCUT2D eigenvalue weighted by atomic mass is 14.4. The standard InChI is InChI=1S/C13H21N2/c1-5-7-13(4,11-15)9-6-8-12(2,3)10-14/h1,5-9H2,2-4H3. The normalized spacial score (nSPS) is 15.1. The zero-order valence-corrected chi connectivity index (χ0v) is 10.1. The lowest BCUT2D eigenvalue weighted by Crippen LogP contribution is -2.15. The van der Waals surface area contributed by atoms with Gasteiger partial charge in [-0.1, -0.05) is 19.8 Å². The highest BCUT2D eigenvalue weighted by Gasteiger charge is 2.24. The van der Waals surface area contributed by atoms with Crippen LogP contribution in [0.1, 0.15) is 52.9 Å². The smallest absolute Gasteiger partial charge is 0.0686 e. The Labute approximate surface area is 93.9 Å². The Morgan fingerprint density at radius 2 is 1.60 bits per heavy atom. The number of hydrogen-bond donors (Lipinski definition) is 0. The Bertz CT molecular complexity index is 267. The quantitative estimate of drug-likeness (QED) is 0.661. The third kappa shape index (κ3) is 5.43. The average molecular weight is 205 g/mol. The van der Waals surface area contributed by atoms with Crippen LogP contribution in [0.3, 0.4) is 0 Å². The van der Waals surface area contributed by atoms with Crippen LogP contribution in [0.5, 0.6) is 0 Å². The van der Waals surface area contributed by atoms with Gasteiger partial charge in [0.2, 0.25) is 0 Å². The number of nitrogens with zero attached hydrogens (tertiary/aromatic N) is 2. The average Bonchev–Trinajstić information content (AvgIpc) is 2.18. The first-order chi connectivity index (χ1) is 6.89. The third-order valence-corrected chi connectivity index (χ3v) is 2.83. The predicted molar refractivity (Wildman–Crippen MR) is 61.6 cm³/mol. The zero-order chi connectivity index (χ0) is 11.9. The van der Waals surface area contributed by atoms with Crippen molar-refractivity contribution in [2.75, 3.05) is 0 Å². The molecular formula is C13H21N2. The maximum atomic E-state index is 9.06. The molecule has 0 rings (SSSR count). The highest BCUT2D eigenvalue weighted by Crippen LogP contribution is 2.31. The summed E-state index contributed by atoms with van der Waals surface area (Å²) in [5.74, 6) is 0. The Kier molecular flexibility index (Phi) is 5.37. The van der Waals surface area contributed by atoms with Crippen molar-refractivity contribution in [2.45, 2.75) is 52.9 Å². The molecule has 0 amide bonds. The van der Waals surface area contributed by atoms with Crippen LogP contribution in [0.2, 0.25) is 0 Å². The van der Waals surface area contributed by atoms with Gasteiger partial charge in [0.05, 0.1) is 23.0 Å². The van der Waals surface area contributed by atoms with Gasteiger partial charge in [-0.05, 0) is 40.0 Å². The second-order valence-electron chi connectivity index (χ2n) is 5.13. The lowest BCUT2D eigenvalue weighted by molar-refractivity contribution is 0.327. The summed E-state index contributed by atoms with van der Waals surface area (Å²) in [4.78, 5) is 0. The predicted octanol–water partition coefficient (Wildman–Crippen LogP) is 3.85. The van der Waals surface area contributed by atoms with E-state index in [4.69, 9.17) is 10.5 Å². The topological polar surface area (TPSA) is 47.6 Å². The van der Waals surface area contributed by atoms with E-state index in [1.165, 1.54) is 0 Å². The largest absolute Gasteiger partial charge is 0.198 e. The Morgan fingerprint density at radius 1 is 1.00 bits per heavy atom. The van der Waals surface area contributed by atoms with Gasteiger partial charge in [0.1, 0.15) is 0 Å². The van der Waals surface area contributed by atoms with Crippen LogP contribution >= 0.6 is 0 Å². The molecule has 0 aliphatic heterocycles. The summed E-state index contributed by atoms with van der Waals surface area (Å²) in [7, 11) is 0. The van der Waals surface area contributed by atoms with Gasteiger partial charge in [-0.25, -0.2) is 0 Å². The van der Waals surface area contributed by atoms with Gasteiger partial charge < -0.3 is 0 Å². The first kappa shape index (κ1) is 14.0. The SMILES string of the molecule is [CH2]CCC(C)(C#N)CCCC(C)(C)C#N. The molecule has 0 bridgehead atoms. The van der Waals surface area contributed by atoms with Crippen LogP contribution in [0.4, 0.5) is 0 Å². The molecule has 0 aliphatic rings. The van der Waals surface area contributed by atoms with E-state index in [9.17, 15) is 0 Å². The summed E-state index contributed by atoms with van der Waals surface area (Å²) < 4.78 is 0. The maximum absolute atomic E-state index is 9.06. The molecule has 0 saturated carbocycles. The molecule has 0 aromatic rings. The first-order valence-electron chi connectivity index (χ1n) is 5.51. The summed E-state index contributed by atoms with van der Waals surface area (Å²) in [5, 5.41) is 17.9. The van der Waals surface area contributed by atoms with Crippen LogP contribution in [0, 0.1) is 40.4 Å². The molecule has 0 aromatic carbocycles. The van der Waals surface area contributed by atoms with Gasteiger partial charge in [0.15, 0.2) is 0 Å². The molecule has 0 fully saturated rings. The highest BCUT2D eigenvalue weighted by molar-refractivity contribution is 4.97. The molecule has 0 heterocycles. The Morgan fingerprint density at radius 3 is 2.00 bits per heavy atom. The molecule has 0 saturated heterocycles. The lowest BCUT2D eigenvalue weighted by Gasteiger charge is -2.22. The minimum absolute atomic E-state index is 0.257. The van der Waals surface area contributed by atoms with Crippen LogP contribution in [0.25, 0.3) is 0 Å². The van der Waals surface area contributed by atoms with Crippen molar-refractivity contribution in [1.29, 1.82) is 10.5 Å². The molecule has 0 spiro atoms. The molecule has 15 heavy (non-hydrogen) atoms. The van der Waals surface area contributed by atoms with E-state index in [2.05, 4.69) is 19.1 Å². The minimum Gasteiger partial charge on any atom is -0.198 e. The van der Waals surface area contributed by atoms with Gasteiger partial charge in [0.25, 0.3) is 0 Å². The fourth-order valence-electron chi connectivity index (χ4n) is 1.60. The molecule has 0 aromatic heterocycles. The van der Waals surface area contributed by atoms with E-state index < -0.39 is 0 Å². The van der Waals surface area contributed by atoms with Crippen molar-refractivity contribution in [3.63, 3.8) is 0 Å². The fraction of sp³-hybridized carbons (Fsp3) is 0.769. The van der Waals surface area contributed by atoms with Crippen molar-refractivity contribution >= 4 is 0 Å². The van der Waals surface area contributed by atoms with Gasteiger partial charge in [-0.15, -0.1) is 0 Å². The summed E-state index contributed by atoms with van der Waals surface area (Å²) in [6.45, 7) is 9.66. The molecule has 2 nitrogen and oxygen atoms in total. The second-order valence-corrected chi connectivity index (χ2v) is 5.13.